The van der Waals surface area contributed by atoms with Crippen molar-refractivity contribution < 1.29 is 17.7 Å². The summed E-state index contributed by atoms with van der Waals surface area (Å²) in [5.74, 6) is 1.22. The summed E-state index contributed by atoms with van der Waals surface area (Å²) in [7, 11) is -1.85. The van der Waals surface area contributed by atoms with Crippen LogP contribution in [-0.2, 0) is 9.84 Å². The summed E-state index contributed by atoms with van der Waals surface area (Å²) in [6.07, 6.45) is 5.92. The van der Waals surface area contributed by atoms with Crippen LogP contribution in [0.15, 0.2) is 33.8 Å². The van der Waals surface area contributed by atoms with Gasteiger partial charge in [-0.3, -0.25) is 9.69 Å². The lowest BCUT2D eigenvalue weighted by atomic mass is 9.91. The molecule has 1 amide bonds. The Labute approximate surface area is 193 Å². The fourth-order valence-corrected chi connectivity index (χ4v) is 7.52. The van der Waals surface area contributed by atoms with E-state index >= 15 is 0 Å². The molecule has 10 nitrogen and oxygen atoms in total. The first-order valence-electron chi connectivity index (χ1n) is 11.5. The smallest absolute Gasteiger partial charge is 0.273 e. The first-order valence-corrected chi connectivity index (χ1v) is 13.0. The van der Waals surface area contributed by atoms with E-state index in [2.05, 4.69) is 20.8 Å². The molecule has 6 rings (SSSR count). The summed E-state index contributed by atoms with van der Waals surface area (Å²) in [5.41, 5.74) is 5.87. The van der Waals surface area contributed by atoms with Crippen LogP contribution in [0.2, 0.25) is 0 Å². The Morgan fingerprint density at radius 3 is 2.91 bits per heavy atom. The number of amides is 1. The lowest BCUT2D eigenvalue weighted by Gasteiger charge is -2.54. The molecule has 178 valence electrons. The number of nitrogens with two attached hydrogens (primary N) is 1. The number of aromatic nitrogens is 2. The predicted octanol–water partition coefficient (Wildman–Crippen LogP) is 1.47. The lowest BCUT2D eigenvalue weighted by Crippen LogP contribution is -2.66. The third kappa shape index (κ3) is 3.81. The molecule has 4 aliphatic rings. The summed E-state index contributed by atoms with van der Waals surface area (Å²) in [6.45, 7) is 0.807. The van der Waals surface area contributed by atoms with Gasteiger partial charge >= 0.3 is 0 Å². The Kier molecular flexibility index (Phi) is 5.66. The van der Waals surface area contributed by atoms with Crippen molar-refractivity contribution in [2.24, 2.45) is 5.73 Å². The van der Waals surface area contributed by atoms with Crippen LogP contribution in [0.3, 0.4) is 0 Å². The van der Waals surface area contributed by atoms with Gasteiger partial charge in [-0.15, -0.1) is 0 Å². The standard InChI is InChI=1S/C22H30N6O4S/c1-28-16-11-15(26-21(29)17-12-18(32-27-17)14-4-5-14)6-7-22(28,13-16)33(30,31)19-3-2-9-24-20(19)25-10-8-23/h2-3,9,12,14-16H,4-8,10-11,13,23H2,1H3,(H,24,25)(H,26,29). The number of fused-ring (bicyclic) bond motifs is 3. The molecule has 2 aromatic rings. The molecular weight excluding hydrogens is 444 g/mol. The molecule has 2 aliphatic carbocycles. The van der Waals surface area contributed by atoms with Gasteiger partial charge in [0.25, 0.3) is 5.91 Å². The van der Waals surface area contributed by atoms with Crippen molar-refractivity contribution in [3.8, 4) is 0 Å². The fourth-order valence-electron chi connectivity index (χ4n) is 5.15. The van der Waals surface area contributed by atoms with Gasteiger partial charge in [0.1, 0.15) is 21.3 Å². The number of sulfone groups is 1. The van der Waals surface area contributed by atoms with Crippen molar-refractivity contribution >= 4 is 21.6 Å². The van der Waals surface area contributed by atoms with E-state index in [-0.39, 0.29) is 28.6 Å². The molecule has 3 atom stereocenters. The monoisotopic (exact) mass is 474 g/mol. The second kappa shape index (κ2) is 8.37. The van der Waals surface area contributed by atoms with Crippen molar-refractivity contribution in [2.45, 2.75) is 66.3 Å². The quantitative estimate of drug-likeness (QED) is 0.518. The van der Waals surface area contributed by atoms with E-state index in [0.717, 1.165) is 18.6 Å². The van der Waals surface area contributed by atoms with Gasteiger partial charge in [-0.1, -0.05) is 5.16 Å². The first-order chi connectivity index (χ1) is 15.9. The number of hydrogen-bond donors (Lipinski definition) is 3. The molecule has 11 heteroatoms. The molecule has 2 saturated carbocycles. The van der Waals surface area contributed by atoms with Gasteiger partial charge in [0.15, 0.2) is 5.69 Å². The van der Waals surface area contributed by atoms with Crippen LogP contribution in [-0.4, -0.2) is 66.5 Å². The highest BCUT2D eigenvalue weighted by Gasteiger charge is 2.61. The molecule has 2 aliphatic heterocycles. The number of rotatable bonds is 8. The number of nitrogens with one attached hydrogen (secondary N) is 2. The molecule has 3 unspecified atom stereocenters. The van der Waals surface area contributed by atoms with Crippen molar-refractivity contribution in [2.75, 3.05) is 25.5 Å². The van der Waals surface area contributed by atoms with E-state index in [1.54, 1.807) is 24.4 Å². The molecular formula is C22H30N6O4S. The maximum Gasteiger partial charge on any atom is 0.273 e. The maximum atomic E-state index is 13.9. The number of anilines is 1. The molecule has 33 heavy (non-hydrogen) atoms. The number of carbonyl (C=O) groups excluding carboxylic acids is 1. The number of nitrogens with zero attached hydrogens (tertiary/aromatic N) is 3. The van der Waals surface area contributed by atoms with Crippen molar-refractivity contribution in [1.82, 2.24) is 20.4 Å². The molecule has 4 fully saturated rings. The van der Waals surface area contributed by atoms with Gasteiger partial charge in [0, 0.05) is 43.4 Å². The molecule has 4 heterocycles. The molecule has 2 saturated heterocycles. The van der Waals surface area contributed by atoms with Crippen LogP contribution in [0, 0.1) is 0 Å². The van der Waals surface area contributed by atoms with Crippen LogP contribution in [0.25, 0.3) is 0 Å². The molecule has 0 radical (unpaired) electrons. The Morgan fingerprint density at radius 2 is 2.18 bits per heavy atom. The SMILES string of the molecule is CN1C2CC(NC(=O)c3cc(C4CC4)on3)CCC1(S(=O)(=O)c1cccnc1NCCN)C2. The number of pyridine rings is 1. The Morgan fingerprint density at radius 1 is 1.36 bits per heavy atom. The highest BCUT2D eigenvalue weighted by molar-refractivity contribution is 7.93. The van der Waals surface area contributed by atoms with Gasteiger partial charge in [-0.2, -0.15) is 0 Å². The summed E-state index contributed by atoms with van der Waals surface area (Å²) in [6, 6.07) is 4.91. The second-order valence-corrected chi connectivity index (χ2v) is 11.5. The minimum absolute atomic E-state index is 0.0732. The fraction of sp³-hybridized carbons (Fsp3) is 0.591. The average molecular weight is 475 g/mol. The third-order valence-corrected chi connectivity index (χ3v) is 9.83. The summed E-state index contributed by atoms with van der Waals surface area (Å²) in [5, 5.41) is 10.0. The number of hydrogen-bond acceptors (Lipinski definition) is 9. The van der Waals surface area contributed by atoms with E-state index in [1.807, 2.05) is 11.9 Å². The molecule has 0 spiro atoms. The average Bonchev–Trinajstić information content (AvgIpc) is 3.60. The van der Waals surface area contributed by atoms with E-state index in [4.69, 9.17) is 10.3 Å². The van der Waals surface area contributed by atoms with Gasteiger partial charge in [0.2, 0.25) is 9.84 Å². The summed E-state index contributed by atoms with van der Waals surface area (Å²) in [4.78, 5) is 18.1. The van der Waals surface area contributed by atoms with Gasteiger partial charge in [0.05, 0.1) is 0 Å². The molecule has 0 aromatic carbocycles. The Balaban J connectivity index is 1.32. The molecule has 2 bridgehead atoms. The zero-order chi connectivity index (χ0) is 23.2. The highest BCUT2D eigenvalue weighted by atomic mass is 32.2. The molecule has 2 aromatic heterocycles. The Bertz CT molecular complexity index is 1150. The van der Waals surface area contributed by atoms with Crippen LogP contribution in [0.5, 0.6) is 0 Å². The van der Waals surface area contributed by atoms with E-state index in [0.29, 0.717) is 50.5 Å². The summed E-state index contributed by atoms with van der Waals surface area (Å²) >= 11 is 0. The summed E-state index contributed by atoms with van der Waals surface area (Å²) < 4.78 is 33.0. The normalized spacial score (nSPS) is 27.5. The first kappa shape index (κ1) is 22.3. The van der Waals surface area contributed by atoms with E-state index < -0.39 is 14.7 Å². The van der Waals surface area contributed by atoms with Crippen LogP contribution >= 0.6 is 0 Å². The minimum atomic E-state index is -3.71. The van der Waals surface area contributed by atoms with Gasteiger partial charge < -0.3 is 20.9 Å². The topological polar surface area (TPSA) is 143 Å². The Hall–Kier alpha value is -2.50. The molecule has 4 N–H and O–H groups in total. The predicted molar refractivity (Wildman–Crippen MR) is 121 cm³/mol. The van der Waals surface area contributed by atoms with Crippen LogP contribution in [0.4, 0.5) is 5.82 Å². The highest BCUT2D eigenvalue weighted by Crippen LogP contribution is 2.51. The lowest BCUT2D eigenvalue weighted by molar-refractivity contribution is 0.0129. The van der Waals surface area contributed by atoms with Crippen molar-refractivity contribution in [3.05, 3.63) is 35.9 Å². The van der Waals surface area contributed by atoms with Gasteiger partial charge in [-0.05, 0) is 57.7 Å². The largest absolute Gasteiger partial charge is 0.368 e. The van der Waals surface area contributed by atoms with Gasteiger partial charge in [-0.25, -0.2) is 13.4 Å². The van der Waals surface area contributed by atoms with E-state index in [9.17, 15) is 13.2 Å². The van der Waals surface area contributed by atoms with Crippen LogP contribution in [0.1, 0.15) is 60.7 Å². The zero-order valence-electron chi connectivity index (χ0n) is 18.7. The third-order valence-electron chi connectivity index (χ3n) is 7.26. The van der Waals surface area contributed by atoms with Crippen LogP contribution < -0.4 is 16.4 Å². The van der Waals surface area contributed by atoms with E-state index in [1.165, 1.54) is 0 Å². The van der Waals surface area contributed by atoms with Crippen molar-refractivity contribution in [3.63, 3.8) is 0 Å². The van der Waals surface area contributed by atoms with Crippen molar-refractivity contribution in [1.29, 1.82) is 0 Å². The zero-order valence-corrected chi connectivity index (χ0v) is 19.5. The maximum absolute atomic E-state index is 13.9. The number of carbonyl (C=O) groups is 1. The second-order valence-electron chi connectivity index (χ2n) is 9.32. The minimum Gasteiger partial charge on any atom is -0.368 e.